The van der Waals surface area contributed by atoms with Crippen LogP contribution in [0.2, 0.25) is 0 Å². The summed E-state index contributed by atoms with van der Waals surface area (Å²) in [6.07, 6.45) is 0. The number of carboxylic acid groups (broad SMARTS) is 1. The Morgan fingerprint density at radius 2 is 1.74 bits per heavy atom. The molecule has 1 heterocycles. The average molecular weight is 266 g/mol. The van der Waals surface area contributed by atoms with Crippen molar-refractivity contribution < 1.29 is 14.7 Å². The molecule has 0 aliphatic carbocycles. The third kappa shape index (κ3) is 3.70. The maximum atomic E-state index is 12.0. The molecule has 0 aliphatic heterocycles. The highest BCUT2D eigenvalue weighted by atomic mass is 16.4. The molecule has 1 atom stereocenters. The third-order valence-corrected chi connectivity index (χ3v) is 2.70. The Bertz CT molecular complexity index is 508. The van der Waals surface area contributed by atoms with E-state index in [0.717, 1.165) is 0 Å². The van der Waals surface area contributed by atoms with Gasteiger partial charge in [-0.15, -0.1) is 5.10 Å². The van der Waals surface area contributed by atoms with Crippen molar-refractivity contribution in [1.82, 2.24) is 15.2 Å². The van der Waals surface area contributed by atoms with Crippen molar-refractivity contribution in [2.45, 2.75) is 34.6 Å². The Hall–Kier alpha value is -2.05. The molecule has 19 heavy (non-hydrogen) atoms. The smallest absolute Gasteiger partial charge is 0.316 e. The first-order chi connectivity index (χ1) is 8.62. The molecular formula is C12H18N4O3. The van der Waals surface area contributed by atoms with E-state index < -0.39 is 23.2 Å². The van der Waals surface area contributed by atoms with Crippen molar-refractivity contribution >= 4 is 17.8 Å². The number of anilines is 1. The first-order valence-electron chi connectivity index (χ1n) is 5.84. The first kappa shape index (κ1) is 15.0. The summed E-state index contributed by atoms with van der Waals surface area (Å²) in [5.41, 5.74) is 0.583. The molecule has 0 saturated carbocycles. The molecule has 2 N–H and O–H groups in total. The van der Waals surface area contributed by atoms with Crippen LogP contribution in [0.4, 0.5) is 5.95 Å². The number of carboxylic acids is 1. The molecule has 0 spiro atoms. The largest absolute Gasteiger partial charge is 0.481 e. The van der Waals surface area contributed by atoms with Gasteiger partial charge in [0, 0.05) is 0 Å². The molecule has 1 unspecified atom stereocenters. The number of carbonyl (C=O) groups is 2. The van der Waals surface area contributed by atoms with Gasteiger partial charge in [0.15, 0.2) is 0 Å². The van der Waals surface area contributed by atoms with Crippen molar-refractivity contribution in [3.63, 3.8) is 0 Å². The molecule has 1 aromatic heterocycles. The second kappa shape index (κ2) is 5.29. The summed E-state index contributed by atoms with van der Waals surface area (Å²) in [4.78, 5) is 27.2. The Kier molecular flexibility index (Phi) is 4.18. The van der Waals surface area contributed by atoms with Gasteiger partial charge in [0.25, 0.3) is 0 Å². The number of carbonyl (C=O) groups excluding carboxylic acids is 1. The van der Waals surface area contributed by atoms with Gasteiger partial charge in [-0.05, 0) is 19.3 Å². The molecule has 0 saturated heterocycles. The molecule has 7 heteroatoms. The lowest BCUT2D eigenvalue weighted by atomic mass is 9.80. The van der Waals surface area contributed by atoms with Crippen molar-refractivity contribution in [3.05, 3.63) is 11.4 Å². The highest BCUT2D eigenvalue weighted by molar-refractivity contribution is 6.04. The van der Waals surface area contributed by atoms with Crippen LogP contribution in [0.25, 0.3) is 0 Å². The SMILES string of the molecule is Cc1nnc(NC(=O)C(C(=O)O)C(C)(C)C)nc1C. The second-order valence-electron chi connectivity index (χ2n) is 5.43. The van der Waals surface area contributed by atoms with Crippen LogP contribution >= 0.6 is 0 Å². The molecule has 7 nitrogen and oxygen atoms in total. The van der Waals surface area contributed by atoms with Crippen LogP contribution in [0.5, 0.6) is 0 Å². The average Bonchev–Trinajstić information content (AvgIpc) is 2.20. The van der Waals surface area contributed by atoms with E-state index in [2.05, 4.69) is 20.5 Å². The van der Waals surface area contributed by atoms with Gasteiger partial charge in [0.1, 0.15) is 5.92 Å². The van der Waals surface area contributed by atoms with Crippen LogP contribution in [0.15, 0.2) is 0 Å². The molecule has 1 aromatic rings. The minimum Gasteiger partial charge on any atom is -0.481 e. The Morgan fingerprint density at radius 1 is 1.16 bits per heavy atom. The number of aromatic nitrogens is 3. The Balaban J connectivity index is 2.94. The normalized spacial score (nSPS) is 12.9. The number of hydrogen-bond donors (Lipinski definition) is 2. The standard InChI is InChI=1S/C12H18N4O3/c1-6-7(2)15-16-11(13-6)14-9(17)8(10(18)19)12(3,4)5/h8H,1-5H3,(H,18,19)(H,13,14,16,17). The van der Waals surface area contributed by atoms with Gasteiger partial charge < -0.3 is 5.11 Å². The van der Waals surface area contributed by atoms with Gasteiger partial charge >= 0.3 is 5.97 Å². The van der Waals surface area contributed by atoms with E-state index in [-0.39, 0.29) is 5.95 Å². The molecule has 104 valence electrons. The monoisotopic (exact) mass is 266 g/mol. The van der Waals surface area contributed by atoms with E-state index in [1.54, 1.807) is 34.6 Å². The molecule has 0 aliphatic rings. The summed E-state index contributed by atoms with van der Waals surface area (Å²) in [7, 11) is 0. The number of nitrogens with one attached hydrogen (secondary N) is 1. The topological polar surface area (TPSA) is 105 Å². The zero-order valence-electron chi connectivity index (χ0n) is 11.7. The summed E-state index contributed by atoms with van der Waals surface area (Å²) >= 11 is 0. The molecule has 0 radical (unpaired) electrons. The molecule has 0 fully saturated rings. The molecule has 0 bridgehead atoms. The van der Waals surface area contributed by atoms with E-state index >= 15 is 0 Å². The van der Waals surface area contributed by atoms with Gasteiger partial charge in [-0.25, -0.2) is 4.98 Å². The third-order valence-electron chi connectivity index (χ3n) is 2.70. The van der Waals surface area contributed by atoms with Gasteiger partial charge in [-0.3, -0.25) is 14.9 Å². The van der Waals surface area contributed by atoms with Crippen LogP contribution in [0.3, 0.4) is 0 Å². The number of nitrogens with zero attached hydrogens (tertiary/aromatic N) is 3. The lowest BCUT2D eigenvalue weighted by Crippen LogP contribution is -2.39. The zero-order valence-corrected chi connectivity index (χ0v) is 11.7. The van der Waals surface area contributed by atoms with Gasteiger partial charge in [-0.2, -0.15) is 5.10 Å². The van der Waals surface area contributed by atoms with Crippen LogP contribution in [-0.4, -0.2) is 32.2 Å². The first-order valence-corrected chi connectivity index (χ1v) is 5.84. The summed E-state index contributed by atoms with van der Waals surface area (Å²) < 4.78 is 0. The zero-order chi connectivity index (χ0) is 14.8. The number of aryl methyl sites for hydroxylation is 2. The molecule has 1 amide bonds. The van der Waals surface area contributed by atoms with Gasteiger partial charge in [-0.1, -0.05) is 20.8 Å². The van der Waals surface area contributed by atoms with Gasteiger partial charge in [0.05, 0.1) is 11.4 Å². The summed E-state index contributed by atoms with van der Waals surface area (Å²) in [5, 5.41) is 19.1. The predicted octanol–water partition coefficient (Wildman–Crippen LogP) is 1.17. The lowest BCUT2D eigenvalue weighted by Gasteiger charge is -2.25. The summed E-state index contributed by atoms with van der Waals surface area (Å²) in [6, 6.07) is 0. The van der Waals surface area contributed by atoms with Crippen LogP contribution < -0.4 is 5.32 Å². The van der Waals surface area contributed by atoms with E-state index in [1.165, 1.54) is 0 Å². The summed E-state index contributed by atoms with van der Waals surface area (Å²) in [5.74, 6) is -2.99. The molecular weight excluding hydrogens is 248 g/mol. The second-order valence-corrected chi connectivity index (χ2v) is 5.43. The highest BCUT2D eigenvalue weighted by Gasteiger charge is 2.38. The molecule has 1 rings (SSSR count). The highest BCUT2D eigenvalue weighted by Crippen LogP contribution is 2.27. The van der Waals surface area contributed by atoms with Crippen LogP contribution in [0, 0.1) is 25.2 Å². The van der Waals surface area contributed by atoms with Crippen molar-refractivity contribution in [3.8, 4) is 0 Å². The van der Waals surface area contributed by atoms with Gasteiger partial charge in [0.2, 0.25) is 11.9 Å². The van der Waals surface area contributed by atoms with Crippen LogP contribution in [0.1, 0.15) is 32.2 Å². The van der Waals surface area contributed by atoms with Crippen LogP contribution in [-0.2, 0) is 9.59 Å². The van der Waals surface area contributed by atoms with E-state index in [0.29, 0.717) is 11.4 Å². The van der Waals surface area contributed by atoms with E-state index in [4.69, 9.17) is 5.11 Å². The minimum absolute atomic E-state index is 0.0172. The number of hydrogen-bond acceptors (Lipinski definition) is 5. The van der Waals surface area contributed by atoms with Crippen molar-refractivity contribution in [1.29, 1.82) is 0 Å². The van der Waals surface area contributed by atoms with E-state index in [1.807, 2.05) is 0 Å². The lowest BCUT2D eigenvalue weighted by molar-refractivity contribution is -0.149. The minimum atomic E-state index is -1.18. The fraction of sp³-hybridized carbons (Fsp3) is 0.583. The molecule has 0 aromatic carbocycles. The predicted molar refractivity (Wildman–Crippen MR) is 68.5 cm³/mol. The maximum Gasteiger partial charge on any atom is 0.316 e. The fourth-order valence-electron chi connectivity index (χ4n) is 1.57. The maximum absolute atomic E-state index is 12.0. The Morgan fingerprint density at radius 3 is 2.16 bits per heavy atom. The quantitative estimate of drug-likeness (QED) is 0.796. The van der Waals surface area contributed by atoms with E-state index in [9.17, 15) is 9.59 Å². The summed E-state index contributed by atoms with van der Waals surface area (Å²) in [6.45, 7) is 8.54. The Labute approximate surface area is 111 Å². The fourth-order valence-corrected chi connectivity index (χ4v) is 1.57. The van der Waals surface area contributed by atoms with Crippen molar-refractivity contribution in [2.75, 3.05) is 5.32 Å². The number of amides is 1. The number of aliphatic carboxylic acids is 1. The number of rotatable bonds is 3. The van der Waals surface area contributed by atoms with Crippen molar-refractivity contribution in [2.24, 2.45) is 11.3 Å².